The number of anilines is 1. The summed E-state index contributed by atoms with van der Waals surface area (Å²) in [4.78, 5) is 0. The predicted octanol–water partition coefficient (Wildman–Crippen LogP) is -0.298. The Morgan fingerprint density at radius 3 is 2.00 bits per heavy atom. The van der Waals surface area contributed by atoms with E-state index in [0.717, 1.165) is 16.7 Å². The lowest BCUT2D eigenvalue weighted by Gasteiger charge is -2.09. The molecule has 0 bridgehead atoms. The molecule has 0 spiro atoms. The number of nitrogens with two attached hydrogens (primary N) is 1. The normalized spacial score (nSPS) is 7.93. The first kappa shape index (κ1) is 19.0. The highest BCUT2D eigenvalue weighted by atomic mass is 35.5. The maximum absolute atomic E-state index is 9.33. The van der Waals surface area contributed by atoms with Crippen LogP contribution in [0.15, 0.2) is 6.07 Å². The van der Waals surface area contributed by atoms with Crippen molar-refractivity contribution < 1.29 is 17.5 Å². The van der Waals surface area contributed by atoms with Crippen molar-refractivity contribution in [3.8, 4) is 5.75 Å². The molecule has 1 aromatic carbocycles. The predicted molar refractivity (Wildman–Crippen MR) is 60.0 cm³/mol. The van der Waals surface area contributed by atoms with Crippen LogP contribution < -0.4 is 24.3 Å². The molecular weight excluding hydrogens is 223 g/mol. The van der Waals surface area contributed by atoms with Crippen molar-refractivity contribution in [1.29, 1.82) is 0 Å². The summed E-state index contributed by atoms with van der Waals surface area (Å²) in [6.45, 7) is 5.71. The maximum Gasteiger partial charge on any atom is 0.120 e. The van der Waals surface area contributed by atoms with Gasteiger partial charge in [-0.1, -0.05) is 0 Å². The minimum atomic E-state index is 0. The Hall–Kier alpha value is -0.640. The number of aryl methyl sites for hydroxylation is 1. The van der Waals surface area contributed by atoms with Crippen LogP contribution in [0.25, 0.3) is 0 Å². The van der Waals surface area contributed by atoms with E-state index in [-0.39, 0.29) is 36.7 Å². The Morgan fingerprint density at radius 1 is 1.14 bits per heavy atom. The number of rotatable bonds is 0. The summed E-state index contributed by atoms with van der Waals surface area (Å²) in [5, 5.41) is 9.33. The van der Waals surface area contributed by atoms with Crippen LogP contribution in [0.1, 0.15) is 16.7 Å². The molecule has 0 fully saturated rings. The minimum absolute atomic E-state index is 0. The lowest BCUT2D eigenvalue weighted by Crippen LogP contribution is -3.00. The molecule has 0 unspecified atom stereocenters. The van der Waals surface area contributed by atoms with E-state index < -0.39 is 0 Å². The molecule has 0 aliphatic carbocycles. The summed E-state index contributed by atoms with van der Waals surface area (Å²) >= 11 is 0. The van der Waals surface area contributed by atoms with Crippen LogP contribution >= 0.6 is 12.4 Å². The molecule has 5 heteroatoms. The zero-order valence-electron chi connectivity index (χ0n) is 8.89. The third-order valence-corrected chi connectivity index (χ3v) is 2.14. The van der Waals surface area contributed by atoms with Gasteiger partial charge in [0.1, 0.15) is 5.75 Å². The summed E-state index contributed by atoms with van der Waals surface area (Å²) < 4.78 is 0. The third-order valence-electron chi connectivity index (χ3n) is 2.14. The van der Waals surface area contributed by atoms with Crippen LogP contribution in [-0.4, -0.2) is 5.11 Å². The second-order valence-corrected chi connectivity index (χ2v) is 2.88. The number of hydrogen-bond donors (Lipinski definition) is 3. The van der Waals surface area contributed by atoms with E-state index >= 15 is 0 Å². The largest absolute Gasteiger partial charge is 1.00 e. The fourth-order valence-electron chi connectivity index (χ4n) is 1.05. The molecule has 0 saturated heterocycles. The highest BCUT2D eigenvalue weighted by Gasteiger charge is 2.05. The molecule has 0 amide bonds. The average molecular weight is 241 g/mol. The van der Waals surface area contributed by atoms with Gasteiger partial charge in [-0.2, -0.15) is 0 Å². The van der Waals surface area contributed by atoms with Gasteiger partial charge in [-0.25, -0.2) is 0 Å². The van der Waals surface area contributed by atoms with Gasteiger partial charge in [0.2, 0.25) is 0 Å². The molecule has 14 heavy (non-hydrogen) atoms. The van der Waals surface area contributed by atoms with Gasteiger partial charge in [0.05, 0.1) is 0 Å². The highest BCUT2D eigenvalue weighted by Crippen LogP contribution is 2.27. The van der Waals surface area contributed by atoms with E-state index in [1.807, 2.05) is 20.8 Å². The second-order valence-electron chi connectivity index (χ2n) is 2.88. The molecule has 7 N–H and O–H groups in total. The van der Waals surface area contributed by atoms with Crippen LogP contribution in [0, 0.1) is 20.8 Å². The Labute approximate surface area is 97.1 Å². The number of aromatic hydroxyl groups is 1. The van der Waals surface area contributed by atoms with E-state index in [1.54, 1.807) is 6.07 Å². The van der Waals surface area contributed by atoms with E-state index in [9.17, 15) is 5.11 Å². The van der Waals surface area contributed by atoms with E-state index in [0.29, 0.717) is 5.69 Å². The van der Waals surface area contributed by atoms with E-state index in [1.165, 1.54) is 0 Å². The smallest absolute Gasteiger partial charge is 0.120 e. The molecule has 0 saturated carbocycles. The average Bonchev–Trinajstić information content (AvgIpc) is 1.97. The van der Waals surface area contributed by atoms with Crippen molar-refractivity contribution in [3.63, 3.8) is 0 Å². The van der Waals surface area contributed by atoms with Crippen molar-refractivity contribution in [1.82, 2.24) is 6.15 Å². The molecule has 0 atom stereocenters. The first-order valence-electron chi connectivity index (χ1n) is 3.59. The zero-order chi connectivity index (χ0) is 8.59. The molecule has 0 aliphatic rings. The Kier molecular flexibility index (Phi) is 9.18. The van der Waals surface area contributed by atoms with Crippen molar-refractivity contribution in [2.75, 3.05) is 5.73 Å². The first-order valence-corrected chi connectivity index (χ1v) is 3.59. The van der Waals surface area contributed by atoms with Gasteiger partial charge in [0, 0.05) is 11.3 Å². The van der Waals surface area contributed by atoms with Gasteiger partial charge in [0.25, 0.3) is 0 Å². The first-order chi connectivity index (χ1) is 5.04. The Balaban J connectivity index is -0.000000403. The van der Waals surface area contributed by atoms with Crippen molar-refractivity contribution in [2.45, 2.75) is 20.8 Å². The number of phenols is 1. The molecular formula is C9H18Cl2N2O. The number of quaternary nitrogens is 1. The molecule has 3 nitrogen and oxygen atoms in total. The summed E-state index contributed by atoms with van der Waals surface area (Å²) in [5.41, 5.74) is 9.28. The van der Waals surface area contributed by atoms with Gasteiger partial charge in [-0.3, -0.25) is 0 Å². The van der Waals surface area contributed by atoms with Gasteiger partial charge in [-0.05, 0) is 38.0 Å². The molecule has 0 aromatic heterocycles. The second kappa shape index (κ2) is 6.76. The van der Waals surface area contributed by atoms with E-state index in [4.69, 9.17) is 5.73 Å². The number of benzene rings is 1. The van der Waals surface area contributed by atoms with Crippen LogP contribution in [0.5, 0.6) is 5.75 Å². The van der Waals surface area contributed by atoms with Crippen LogP contribution in [0.3, 0.4) is 0 Å². The van der Waals surface area contributed by atoms with Gasteiger partial charge < -0.3 is 29.4 Å². The molecule has 0 heterocycles. The standard InChI is InChI=1S/C9H13NO.2ClH.H3N/c1-5-4-8(11)7(3)9(10)6(5)2;;;/h4,11H,10H2,1-3H3;2*1H;1H3. The highest BCUT2D eigenvalue weighted by molar-refractivity contribution is 5.85. The van der Waals surface area contributed by atoms with Gasteiger partial charge in [0.15, 0.2) is 0 Å². The number of phenolic OH excluding ortho intramolecular Hbond substituents is 1. The number of hydrogen-bond acceptors (Lipinski definition) is 2. The fraction of sp³-hybridized carbons (Fsp3) is 0.333. The Morgan fingerprint density at radius 2 is 1.57 bits per heavy atom. The van der Waals surface area contributed by atoms with E-state index in [2.05, 4.69) is 0 Å². The van der Waals surface area contributed by atoms with Gasteiger partial charge >= 0.3 is 0 Å². The summed E-state index contributed by atoms with van der Waals surface area (Å²) in [6, 6.07) is 1.74. The number of nitrogen functional groups attached to an aromatic ring is 1. The zero-order valence-corrected chi connectivity index (χ0v) is 10.5. The van der Waals surface area contributed by atoms with Crippen molar-refractivity contribution in [3.05, 3.63) is 22.8 Å². The number of halogens is 2. The molecule has 1 aromatic rings. The molecule has 1 rings (SSSR count). The quantitative estimate of drug-likeness (QED) is 0.545. The maximum atomic E-state index is 9.33. The van der Waals surface area contributed by atoms with Crippen LogP contribution in [0.2, 0.25) is 0 Å². The lowest BCUT2D eigenvalue weighted by molar-refractivity contribution is -0.00000414. The monoisotopic (exact) mass is 240 g/mol. The van der Waals surface area contributed by atoms with Gasteiger partial charge in [-0.15, -0.1) is 12.4 Å². The molecule has 0 aliphatic heterocycles. The topological polar surface area (TPSA) is 82.8 Å². The van der Waals surface area contributed by atoms with Crippen LogP contribution in [0.4, 0.5) is 5.69 Å². The fourth-order valence-corrected chi connectivity index (χ4v) is 1.05. The van der Waals surface area contributed by atoms with Crippen molar-refractivity contribution in [2.24, 2.45) is 0 Å². The van der Waals surface area contributed by atoms with Crippen LogP contribution in [-0.2, 0) is 0 Å². The summed E-state index contributed by atoms with van der Waals surface area (Å²) in [5.74, 6) is 0.283. The van der Waals surface area contributed by atoms with Crippen molar-refractivity contribution >= 4 is 18.1 Å². The third kappa shape index (κ3) is 3.25. The Bertz CT molecular complexity index is 277. The molecule has 84 valence electrons. The summed E-state index contributed by atoms with van der Waals surface area (Å²) in [7, 11) is 0. The molecule has 0 radical (unpaired) electrons. The SMILES string of the molecule is Cc1cc(O)c(C)c(N)c1C.Cl.[Cl-].[NH4+]. The minimum Gasteiger partial charge on any atom is -1.00 e. The summed E-state index contributed by atoms with van der Waals surface area (Å²) in [6.07, 6.45) is 0. The lowest BCUT2D eigenvalue weighted by atomic mass is 10.0.